The van der Waals surface area contributed by atoms with E-state index in [4.69, 9.17) is 9.79 Å². The molecule has 102 valence electrons. The van der Waals surface area contributed by atoms with E-state index in [9.17, 15) is 4.57 Å². The predicted octanol–water partition coefficient (Wildman–Crippen LogP) is 3.29. The van der Waals surface area contributed by atoms with E-state index in [1.54, 1.807) is 0 Å². The summed E-state index contributed by atoms with van der Waals surface area (Å²) in [5.74, 6) is 0. The Morgan fingerprint density at radius 2 is 1.56 bits per heavy atom. The van der Waals surface area contributed by atoms with E-state index in [1.165, 1.54) is 5.56 Å². The van der Waals surface area contributed by atoms with Gasteiger partial charge >= 0.3 is 7.82 Å². The van der Waals surface area contributed by atoms with Crippen LogP contribution in [0.5, 0.6) is 0 Å². The molecule has 0 fully saturated rings. The molecule has 0 heterocycles. The van der Waals surface area contributed by atoms with Crippen LogP contribution in [0, 0.1) is 0 Å². The van der Waals surface area contributed by atoms with Gasteiger partial charge in [-0.05, 0) is 24.8 Å². The molecule has 0 saturated heterocycles. The molecule has 1 aromatic carbocycles. The van der Waals surface area contributed by atoms with Crippen molar-refractivity contribution in [3.63, 3.8) is 0 Å². The summed E-state index contributed by atoms with van der Waals surface area (Å²) in [7, 11) is -4.27. The molecule has 18 heavy (non-hydrogen) atoms. The third kappa shape index (κ3) is 8.43. The number of aryl methyl sites for hydroxylation is 1. The fraction of sp³-hybridized carbons (Fsp3) is 0.538. The standard InChI is InChI=1S/C13H21O4P/c14-18(15,16)17-12-8-3-1-2-5-9-13-10-6-4-7-11-13/h4,6-7,10-11H,1-3,5,8-9,12H2,(H2,14,15,16). The molecule has 0 amide bonds. The van der Waals surface area contributed by atoms with Gasteiger partial charge in [0, 0.05) is 0 Å². The lowest BCUT2D eigenvalue weighted by atomic mass is 10.1. The molecule has 0 saturated carbocycles. The molecule has 1 aromatic rings. The van der Waals surface area contributed by atoms with E-state index in [-0.39, 0.29) is 6.61 Å². The highest BCUT2D eigenvalue weighted by Gasteiger charge is 2.12. The molecule has 4 nitrogen and oxygen atoms in total. The van der Waals surface area contributed by atoms with Crippen molar-refractivity contribution in [2.24, 2.45) is 0 Å². The van der Waals surface area contributed by atoms with Crippen molar-refractivity contribution in [2.45, 2.75) is 38.5 Å². The summed E-state index contributed by atoms with van der Waals surface area (Å²) in [5, 5.41) is 0. The van der Waals surface area contributed by atoms with Crippen LogP contribution in [0.4, 0.5) is 0 Å². The van der Waals surface area contributed by atoms with E-state index in [2.05, 4.69) is 28.8 Å². The monoisotopic (exact) mass is 272 g/mol. The first-order valence-electron chi connectivity index (χ1n) is 6.32. The Balaban J connectivity index is 1.92. The highest BCUT2D eigenvalue weighted by Crippen LogP contribution is 2.35. The van der Waals surface area contributed by atoms with Gasteiger partial charge in [0.25, 0.3) is 0 Å². The van der Waals surface area contributed by atoms with Crippen molar-refractivity contribution in [3.05, 3.63) is 35.9 Å². The van der Waals surface area contributed by atoms with E-state index < -0.39 is 7.82 Å². The molecular weight excluding hydrogens is 251 g/mol. The maximum atomic E-state index is 10.4. The Bertz CT molecular complexity index is 361. The predicted molar refractivity (Wildman–Crippen MR) is 71.2 cm³/mol. The number of hydrogen-bond acceptors (Lipinski definition) is 2. The first-order valence-corrected chi connectivity index (χ1v) is 7.85. The van der Waals surface area contributed by atoms with Gasteiger partial charge in [-0.1, -0.05) is 49.6 Å². The number of rotatable bonds is 9. The maximum Gasteiger partial charge on any atom is 0.469 e. The van der Waals surface area contributed by atoms with E-state index in [1.807, 2.05) is 6.07 Å². The van der Waals surface area contributed by atoms with E-state index in [0.29, 0.717) is 6.42 Å². The maximum absolute atomic E-state index is 10.4. The molecule has 0 aliphatic rings. The minimum atomic E-state index is -4.27. The number of phosphoric ester groups is 1. The van der Waals surface area contributed by atoms with Crippen molar-refractivity contribution >= 4 is 7.82 Å². The van der Waals surface area contributed by atoms with Crippen LogP contribution < -0.4 is 0 Å². The van der Waals surface area contributed by atoms with E-state index >= 15 is 0 Å². The Morgan fingerprint density at radius 3 is 2.22 bits per heavy atom. The van der Waals surface area contributed by atoms with Crippen molar-refractivity contribution in [3.8, 4) is 0 Å². The molecule has 5 heteroatoms. The average Bonchev–Trinajstić information content (AvgIpc) is 2.32. The van der Waals surface area contributed by atoms with Crippen molar-refractivity contribution in [2.75, 3.05) is 6.61 Å². The summed E-state index contributed by atoms with van der Waals surface area (Å²) in [5.41, 5.74) is 1.36. The Hall–Kier alpha value is -0.670. The van der Waals surface area contributed by atoms with Gasteiger partial charge < -0.3 is 9.79 Å². The molecule has 1 rings (SSSR count). The molecule has 2 N–H and O–H groups in total. The third-order valence-electron chi connectivity index (χ3n) is 2.71. The molecule has 0 radical (unpaired) electrons. The van der Waals surface area contributed by atoms with Gasteiger partial charge in [0.2, 0.25) is 0 Å². The highest BCUT2D eigenvalue weighted by atomic mass is 31.2. The number of phosphoric acid groups is 1. The zero-order valence-electron chi connectivity index (χ0n) is 10.5. The number of hydrogen-bond donors (Lipinski definition) is 2. The van der Waals surface area contributed by atoms with Crippen LogP contribution in [0.3, 0.4) is 0 Å². The lowest BCUT2D eigenvalue weighted by Crippen LogP contribution is -1.92. The first kappa shape index (κ1) is 15.4. The SMILES string of the molecule is O=P(O)(O)OCCCCCCCc1ccccc1. The molecule has 0 spiro atoms. The van der Waals surface area contributed by atoms with Crippen LogP contribution in [0.1, 0.15) is 37.7 Å². The third-order valence-corrected chi connectivity index (χ3v) is 3.23. The summed E-state index contributed by atoms with van der Waals surface area (Å²) in [6, 6.07) is 10.4. The minimum absolute atomic E-state index is 0.142. The number of unbranched alkanes of at least 4 members (excludes halogenated alkanes) is 4. The van der Waals surface area contributed by atoms with Crippen LogP contribution >= 0.6 is 7.82 Å². The lowest BCUT2D eigenvalue weighted by molar-refractivity contribution is 0.193. The van der Waals surface area contributed by atoms with Crippen molar-refractivity contribution < 1.29 is 18.9 Å². The minimum Gasteiger partial charge on any atom is -0.303 e. The molecule has 0 aromatic heterocycles. The van der Waals surface area contributed by atoms with E-state index in [0.717, 1.165) is 32.1 Å². The summed E-state index contributed by atoms with van der Waals surface area (Å²) < 4.78 is 14.8. The van der Waals surface area contributed by atoms with Gasteiger partial charge in [-0.15, -0.1) is 0 Å². The Kier molecular flexibility index (Phi) is 7.21. The molecule has 0 bridgehead atoms. The summed E-state index contributed by atoms with van der Waals surface area (Å²) in [4.78, 5) is 16.9. The van der Waals surface area contributed by atoms with Crippen LogP contribution in [0.25, 0.3) is 0 Å². The smallest absolute Gasteiger partial charge is 0.303 e. The molecule has 0 unspecified atom stereocenters. The van der Waals surface area contributed by atoms with Crippen molar-refractivity contribution in [1.29, 1.82) is 0 Å². The van der Waals surface area contributed by atoms with Crippen molar-refractivity contribution in [1.82, 2.24) is 0 Å². The second kappa shape index (κ2) is 8.44. The Morgan fingerprint density at radius 1 is 0.944 bits per heavy atom. The van der Waals surface area contributed by atoms with Gasteiger partial charge in [0.1, 0.15) is 0 Å². The van der Waals surface area contributed by atoms with Gasteiger partial charge in [-0.25, -0.2) is 4.57 Å². The van der Waals surface area contributed by atoms with Gasteiger partial charge in [0.05, 0.1) is 6.61 Å². The molecule has 0 aliphatic carbocycles. The summed E-state index contributed by atoms with van der Waals surface area (Å²) in [6.07, 6.45) is 6.14. The quantitative estimate of drug-likeness (QED) is 0.534. The molecule has 0 atom stereocenters. The van der Waals surface area contributed by atoms with Crippen LogP contribution in [-0.2, 0) is 15.5 Å². The number of benzene rings is 1. The Labute approximate surface area is 108 Å². The highest BCUT2D eigenvalue weighted by molar-refractivity contribution is 7.46. The fourth-order valence-corrected chi connectivity index (χ4v) is 2.16. The second-order valence-electron chi connectivity index (χ2n) is 4.33. The molecular formula is C13H21O4P. The van der Waals surface area contributed by atoms with Gasteiger partial charge in [-0.3, -0.25) is 4.52 Å². The topological polar surface area (TPSA) is 66.8 Å². The van der Waals surface area contributed by atoms with Crippen LogP contribution in [0.15, 0.2) is 30.3 Å². The summed E-state index contributed by atoms with van der Waals surface area (Å²) >= 11 is 0. The average molecular weight is 272 g/mol. The van der Waals surface area contributed by atoms with Crippen LogP contribution in [-0.4, -0.2) is 16.4 Å². The summed E-state index contributed by atoms with van der Waals surface area (Å²) in [6.45, 7) is 0.142. The zero-order chi connectivity index (χ0) is 13.3. The zero-order valence-corrected chi connectivity index (χ0v) is 11.4. The largest absolute Gasteiger partial charge is 0.469 e. The fourth-order valence-electron chi connectivity index (χ4n) is 1.79. The first-order chi connectivity index (χ1) is 8.58. The molecule has 0 aliphatic heterocycles. The van der Waals surface area contributed by atoms with Gasteiger partial charge in [-0.2, -0.15) is 0 Å². The second-order valence-corrected chi connectivity index (χ2v) is 5.57. The normalized spacial score (nSPS) is 11.7. The lowest BCUT2D eigenvalue weighted by Gasteiger charge is -2.05. The van der Waals surface area contributed by atoms with Crippen LogP contribution in [0.2, 0.25) is 0 Å². The van der Waals surface area contributed by atoms with Gasteiger partial charge in [0.15, 0.2) is 0 Å².